The quantitative estimate of drug-likeness (QED) is 0.635. The zero-order valence-electron chi connectivity index (χ0n) is 14.9. The lowest BCUT2D eigenvalue weighted by atomic mass is 10.2. The minimum atomic E-state index is -0.532. The first kappa shape index (κ1) is 20.0. The molecule has 0 spiro atoms. The van der Waals surface area contributed by atoms with Gasteiger partial charge in [0.05, 0.1) is 29.0 Å². The number of ether oxygens (including phenoxy) is 1. The SMILES string of the molecule is CCOC(=O)c1sc2ncn(CC(=O)Nc3ccc(F)cc3Cl)c(=O)c2c1C. The van der Waals surface area contributed by atoms with E-state index in [-0.39, 0.29) is 29.2 Å². The van der Waals surface area contributed by atoms with Gasteiger partial charge >= 0.3 is 5.97 Å². The highest BCUT2D eigenvalue weighted by Crippen LogP contribution is 2.27. The molecule has 0 aliphatic heterocycles. The van der Waals surface area contributed by atoms with E-state index in [1.165, 1.54) is 12.4 Å². The average Bonchev–Trinajstić information content (AvgIpc) is 2.97. The summed E-state index contributed by atoms with van der Waals surface area (Å²) in [4.78, 5) is 41.9. The molecule has 0 aliphatic rings. The first-order chi connectivity index (χ1) is 13.3. The topological polar surface area (TPSA) is 90.3 Å². The van der Waals surface area contributed by atoms with E-state index in [4.69, 9.17) is 16.3 Å². The van der Waals surface area contributed by atoms with Crippen LogP contribution in [-0.4, -0.2) is 28.0 Å². The average molecular weight is 424 g/mol. The van der Waals surface area contributed by atoms with Crippen LogP contribution in [0, 0.1) is 12.7 Å². The van der Waals surface area contributed by atoms with Gasteiger partial charge in [0.25, 0.3) is 5.56 Å². The lowest BCUT2D eigenvalue weighted by molar-refractivity contribution is -0.116. The number of benzene rings is 1. The molecule has 0 saturated heterocycles. The molecule has 0 atom stereocenters. The number of anilines is 1. The number of amides is 1. The summed E-state index contributed by atoms with van der Waals surface area (Å²) in [6.45, 7) is 3.23. The van der Waals surface area contributed by atoms with Gasteiger partial charge in [-0.15, -0.1) is 11.3 Å². The number of esters is 1. The zero-order valence-corrected chi connectivity index (χ0v) is 16.5. The molecule has 146 valence electrons. The van der Waals surface area contributed by atoms with Gasteiger partial charge < -0.3 is 10.1 Å². The van der Waals surface area contributed by atoms with E-state index in [1.54, 1.807) is 13.8 Å². The summed E-state index contributed by atoms with van der Waals surface area (Å²) in [5.41, 5.74) is 0.244. The van der Waals surface area contributed by atoms with Crippen LogP contribution in [-0.2, 0) is 16.1 Å². The van der Waals surface area contributed by atoms with Crippen molar-refractivity contribution in [1.29, 1.82) is 0 Å². The Bertz CT molecular complexity index is 1140. The summed E-state index contributed by atoms with van der Waals surface area (Å²) in [5.74, 6) is -1.58. The number of nitrogens with zero attached hydrogens (tertiary/aromatic N) is 2. The molecule has 28 heavy (non-hydrogen) atoms. The molecule has 3 rings (SSSR count). The summed E-state index contributed by atoms with van der Waals surface area (Å²) in [7, 11) is 0. The molecule has 7 nitrogen and oxygen atoms in total. The first-order valence-electron chi connectivity index (χ1n) is 8.22. The molecule has 0 aliphatic carbocycles. The maximum Gasteiger partial charge on any atom is 0.348 e. The molecular formula is C18H15ClFN3O4S. The van der Waals surface area contributed by atoms with Crippen molar-refractivity contribution >= 4 is 50.7 Å². The standard InChI is InChI=1S/C18H15ClFN3O4S/c1-3-27-18(26)15-9(2)14-16(28-15)21-8-23(17(14)25)7-13(24)22-12-5-4-10(20)6-11(12)19/h4-6,8H,3,7H2,1-2H3,(H,22,24). The molecule has 2 aromatic heterocycles. The number of nitrogens with one attached hydrogen (secondary N) is 1. The Balaban J connectivity index is 1.88. The van der Waals surface area contributed by atoms with Gasteiger partial charge in [-0.1, -0.05) is 11.6 Å². The van der Waals surface area contributed by atoms with Crippen LogP contribution in [0.25, 0.3) is 10.2 Å². The summed E-state index contributed by atoms with van der Waals surface area (Å²) in [6, 6.07) is 3.56. The highest BCUT2D eigenvalue weighted by atomic mass is 35.5. The molecule has 0 bridgehead atoms. The van der Waals surface area contributed by atoms with Crippen LogP contribution in [0.5, 0.6) is 0 Å². The summed E-state index contributed by atoms with van der Waals surface area (Å²) in [6.07, 6.45) is 1.24. The molecule has 2 heterocycles. The van der Waals surface area contributed by atoms with Gasteiger partial charge in [0.1, 0.15) is 22.1 Å². The predicted octanol–water partition coefficient (Wildman–Crippen LogP) is 3.37. The van der Waals surface area contributed by atoms with Crippen LogP contribution in [0.15, 0.2) is 29.3 Å². The van der Waals surface area contributed by atoms with Gasteiger partial charge in [0.2, 0.25) is 5.91 Å². The van der Waals surface area contributed by atoms with E-state index in [0.29, 0.717) is 15.3 Å². The maximum atomic E-state index is 13.1. The van der Waals surface area contributed by atoms with Crippen molar-refractivity contribution in [3.8, 4) is 0 Å². The van der Waals surface area contributed by atoms with Crippen molar-refractivity contribution in [2.75, 3.05) is 11.9 Å². The number of aromatic nitrogens is 2. The third kappa shape index (κ3) is 3.90. The van der Waals surface area contributed by atoms with E-state index < -0.39 is 23.3 Å². The molecule has 1 N–H and O–H groups in total. The molecule has 1 amide bonds. The van der Waals surface area contributed by atoms with Gasteiger partial charge in [-0.3, -0.25) is 14.2 Å². The second-order valence-electron chi connectivity index (χ2n) is 5.81. The number of aryl methyl sites for hydroxylation is 1. The van der Waals surface area contributed by atoms with Gasteiger partial charge in [-0.25, -0.2) is 14.2 Å². The number of rotatable bonds is 5. The largest absolute Gasteiger partial charge is 0.462 e. The van der Waals surface area contributed by atoms with Crippen molar-refractivity contribution in [2.24, 2.45) is 0 Å². The third-order valence-corrected chi connectivity index (χ3v) is 5.39. The van der Waals surface area contributed by atoms with Crippen molar-refractivity contribution in [3.63, 3.8) is 0 Å². The molecular weight excluding hydrogens is 409 g/mol. The van der Waals surface area contributed by atoms with Gasteiger partial charge in [0.15, 0.2) is 0 Å². The van der Waals surface area contributed by atoms with Crippen LogP contribution in [0.1, 0.15) is 22.2 Å². The Labute approximate surface area is 167 Å². The molecule has 0 radical (unpaired) electrons. The fraction of sp³-hybridized carbons (Fsp3) is 0.222. The highest BCUT2D eigenvalue weighted by Gasteiger charge is 2.21. The summed E-state index contributed by atoms with van der Waals surface area (Å²) >= 11 is 6.95. The van der Waals surface area contributed by atoms with Crippen molar-refractivity contribution in [1.82, 2.24) is 9.55 Å². The lowest BCUT2D eigenvalue weighted by Gasteiger charge is -2.09. The van der Waals surface area contributed by atoms with Gasteiger partial charge in [0, 0.05) is 0 Å². The Morgan fingerprint density at radius 2 is 2.14 bits per heavy atom. The smallest absolute Gasteiger partial charge is 0.348 e. The van der Waals surface area contributed by atoms with Crippen LogP contribution in [0.3, 0.4) is 0 Å². The number of carbonyl (C=O) groups excluding carboxylic acids is 2. The van der Waals surface area contributed by atoms with Gasteiger partial charge in [-0.05, 0) is 37.6 Å². The highest BCUT2D eigenvalue weighted by molar-refractivity contribution is 7.20. The van der Waals surface area contributed by atoms with Crippen molar-refractivity contribution in [2.45, 2.75) is 20.4 Å². The zero-order chi connectivity index (χ0) is 20.4. The first-order valence-corrected chi connectivity index (χ1v) is 9.41. The van der Waals surface area contributed by atoms with Crippen LogP contribution < -0.4 is 10.9 Å². The Morgan fingerprint density at radius 3 is 2.82 bits per heavy atom. The third-order valence-electron chi connectivity index (χ3n) is 3.90. The van der Waals surface area contributed by atoms with E-state index in [2.05, 4.69) is 10.3 Å². The second-order valence-corrected chi connectivity index (χ2v) is 7.21. The van der Waals surface area contributed by atoms with Crippen LogP contribution in [0.4, 0.5) is 10.1 Å². The van der Waals surface area contributed by atoms with Crippen LogP contribution >= 0.6 is 22.9 Å². The molecule has 10 heteroatoms. The molecule has 3 aromatic rings. The van der Waals surface area contributed by atoms with E-state index in [9.17, 15) is 18.8 Å². The number of thiophene rings is 1. The Morgan fingerprint density at radius 1 is 1.39 bits per heavy atom. The summed E-state index contributed by atoms with van der Waals surface area (Å²) in [5, 5.41) is 2.83. The molecule has 0 unspecified atom stereocenters. The Hall–Kier alpha value is -2.78. The minimum Gasteiger partial charge on any atom is -0.462 e. The number of fused-ring (bicyclic) bond motifs is 1. The normalized spacial score (nSPS) is 10.9. The maximum absolute atomic E-state index is 13.1. The minimum absolute atomic E-state index is 0.0435. The van der Waals surface area contributed by atoms with E-state index >= 15 is 0 Å². The van der Waals surface area contributed by atoms with Crippen molar-refractivity contribution in [3.05, 3.63) is 56.2 Å². The molecule has 0 fully saturated rings. The fourth-order valence-electron chi connectivity index (χ4n) is 2.60. The van der Waals surface area contributed by atoms with Crippen molar-refractivity contribution < 1.29 is 18.7 Å². The Kier molecular flexibility index (Phi) is 5.76. The number of hydrogen-bond acceptors (Lipinski definition) is 6. The monoisotopic (exact) mass is 423 g/mol. The number of carbonyl (C=O) groups is 2. The second kappa shape index (κ2) is 8.07. The lowest BCUT2D eigenvalue weighted by Crippen LogP contribution is -2.28. The summed E-state index contributed by atoms with van der Waals surface area (Å²) < 4.78 is 19.2. The predicted molar refractivity (Wildman–Crippen MR) is 105 cm³/mol. The molecule has 1 aromatic carbocycles. The molecule has 0 saturated carbocycles. The van der Waals surface area contributed by atoms with Gasteiger partial charge in [-0.2, -0.15) is 0 Å². The fourth-order valence-corrected chi connectivity index (χ4v) is 3.85. The number of halogens is 2. The van der Waals surface area contributed by atoms with Crippen LogP contribution in [0.2, 0.25) is 5.02 Å². The van der Waals surface area contributed by atoms with E-state index in [1.807, 2.05) is 0 Å². The van der Waals surface area contributed by atoms with E-state index in [0.717, 1.165) is 28.0 Å². The number of hydrogen-bond donors (Lipinski definition) is 1.